The van der Waals surface area contributed by atoms with Gasteiger partial charge in [0, 0.05) is 5.02 Å². The van der Waals surface area contributed by atoms with Crippen molar-refractivity contribution < 1.29 is 8.42 Å². The number of hydrogen-bond donors (Lipinski definition) is 1. The van der Waals surface area contributed by atoms with Crippen LogP contribution in [0, 0.1) is 6.92 Å². The van der Waals surface area contributed by atoms with Crippen LogP contribution in [0.5, 0.6) is 0 Å². The number of aromatic nitrogens is 1. The molecule has 1 N–H and O–H groups in total. The average Bonchev–Trinajstić information content (AvgIpc) is 2.77. The second-order valence-corrected chi connectivity index (χ2v) is 8.32. The predicted molar refractivity (Wildman–Crippen MR) is 91.6 cm³/mol. The van der Waals surface area contributed by atoms with Crippen LogP contribution in [0.15, 0.2) is 41.3 Å². The molecule has 22 heavy (non-hydrogen) atoms. The summed E-state index contributed by atoms with van der Waals surface area (Å²) in [5.74, 6) is 0. The van der Waals surface area contributed by atoms with Crippen LogP contribution in [0.2, 0.25) is 10.0 Å². The Morgan fingerprint density at radius 3 is 2.64 bits per heavy atom. The van der Waals surface area contributed by atoms with Crippen molar-refractivity contribution in [2.24, 2.45) is 0 Å². The molecule has 0 aliphatic carbocycles. The van der Waals surface area contributed by atoms with E-state index in [1.807, 2.05) is 13.0 Å². The number of rotatable bonds is 3. The van der Waals surface area contributed by atoms with Crippen molar-refractivity contribution in [2.45, 2.75) is 11.8 Å². The molecular weight excluding hydrogens is 363 g/mol. The van der Waals surface area contributed by atoms with Crippen molar-refractivity contribution in [2.75, 3.05) is 4.72 Å². The van der Waals surface area contributed by atoms with Gasteiger partial charge in [-0.3, -0.25) is 4.72 Å². The molecule has 3 rings (SSSR count). The zero-order valence-electron chi connectivity index (χ0n) is 11.3. The van der Waals surface area contributed by atoms with E-state index < -0.39 is 10.0 Å². The zero-order valence-corrected chi connectivity index (χ0v) is 14.4. The second kappa shape index (κ2) is 5.70. The van der Waals surface area contributed by atoms with E-state index in [1.54, 1.807) is 23.5 Å². The third-order valence-corrected chi connectivity index (χ3v) is 5.98. The molecule has 3 aromatic rings. The third-order valence-electron chi connectivity index (χ3n) is 2.93. The number of thiazole rings is 1. The quantitative estimate of drug-likeness (QED) is 0.723. The zero-order chi connectivity index (χ0) is 15.9. The molecule has 0 spiro atoms. The summed E-state index contributed by atoms with van der Waals surface area (Å²) >= 11 is 13.3. The minimum absolute atomic E-state index is 0.0203. The minimum Gasteiger partial charge on any atom is -0.280 e. The fourth-order valence-corrected chi connectivity index (χ4v) is 4.64. The predicted octanol–water partition coefficient (Wildman–Crippen LogP) is 4.71. The van der Waals surface area contributed by atoms with E-state index in [-0.39, 0.29) is 9.92 Å². The number of fused-ring (bicyclic) bond motifs is 1. The van der Waals surface area contributed by atoms with Crippen LogP contribution in [-0.2, 0) is 10.0 Å². The third kappa shape index (κ3) is 3.05. The lowest BCUT2D eigenvalue weighted by molar-refractivity contribution is 0.601. The van der Waals surface area contributed by atoms with Gasteiger partial charge < -0.3 is 0 Å². The molecule has 0 aliphatic rings. The van der Waals surface area contributed by atoms with Crippen LogP contribution in [0.3, 0.4) is 0 Å². The smallest absolute Gasteiger partial charge is 0.263 e. The molecule has 0 bridgehead atoms. The molecule has 114 valence electrons. The maximum Gasteiger partial charge on any atom is 0.263 e. The molecule has 0 aliphatic heterocycles. The molecule has 0 amide bonds. The molecule has 8 heteroatoms. The number of sulfonamides is 1. The maximum atomic E-state index is 12.4. The SMILES string of the molecule is Cc1nc2cc(NS(=O)(=O)c3ccc(Cl)cc3Cl)ccc2s1. The number of aryl methyl sites for hydroxylation is 1. The van der Waals surface area contributed by atoms with Crippen LogP contribution in [0.25, 0.3) is 10.2 Å². The highest BCUT2D eigenvalue weighted by atomic mass is 35.5. The van der Waals surface area contributed by atoms with Gasteiger partial charge in [-0.25, -0.2) is 13.4 Å². The number of benzene rings is 2. The summed E-state index contributed by atoms with van der Waals surface area (Å²) in [5, 5.41) is 1.38. The summed E-state index contributed by atoms with van der Waals surface area (Å²) in [7, 11) is -3.79. The lowest BCUT2D eigenvalue weighted by Crippen LogP contribution is -2.13. The molecule has 0 saturated heterocycles. The van der Waals surface area contributed by atoms with Crippen molar-refractivity contribution in [3.05, 3.63) is 51.5 Å². The van der Waals surface area contributed by atoms with E-state index in [1.165, 1.54) is 18.2 Å². The normalized spacial score (nSPS) is 11.8. The minimum atomic E-state index is -3.79. The van der Waals surface area contributed by atoms with Gasteiger partial charge in [0.15, 0.2) is 0 Å². The molecule has 0 atom stereocenters. The average molecular weight is 373 g/mol. The Bertz CT molecular complexity index is 968. The number of hydrogen-bond acceptors (Lipinski definition) is 4. The summed E-state index contributed by atoms with van der Waals surface area (Å²) in [4.78, 5) is 4.33. The standard InChI is InChI=1S/C14H10Cl2N2O2S2/c1-8-17-12-7-10(3-4-13(12)21-8)18-22(19,20)14-5-2-9(15)6-11(14)16/h2-7,18H,1H3. The fourth-order valence-electron chi connectivity index (χ4n) is 2.01. The summed E-state index contributed by atoms with van der Waals surface area (Å²) in [5.41, 5.74) is 1.19. The Balaban J connectivity index is 1.98. The van der Waals surface area contributed by atoms with E-state index >= 15 is 0 Å². The van der Waals surface area contributed by atoms with Crippen LogP contribution in [0.4, 0.5) is 5.69 Å². The number of anilines is 1. The highest BCUT2D eigenvalue weighted by Gasteiger charge is 2.18. The van der Waals surface area contributed by atoms with Crippen LogP contribution >= 0.6 is 34.5 Å². The lowest BCUT2D eigenvalue weighted by atomic mass is 10.3. The molecule has 2 aromatic carbocycles. The van der Waals surface area contributed by atoms with Gasteiger partial charge in [-0.1, -0.05) is 23.2 Å². The number of nitrogens with one attached hydrogen (secondary N) is 1. The number of halogens is 2. The van der Waals surface area contributed by atoms with E-state index in [9.17, 15) is 8.42 Å². The van der Waals surface area contributed by atoms with Gasteiger partial charge in [-0.2, -0.15) is 0 Å². The summed E-state index contributed by atoms with van der Waals surface area (Å²) in [6.45, 7) is 1.90. The Labute approximate surface area is 141 Å². The second-order valence-electron chi connectivity index (χ2n) is 4.60. The molecule has 1 aromatic heterocycles. The Kier molecular flexibility index (Phi) is 4.03. The fraction of sp³-hybridized carbons (Fsp3) is 0.0714. The van der Waals surface area contributed by atoms with Crippen LogP contribution in [-0.4, -0.2) is 13.4 Å². The van der Waals surface area contributed by atoms with E-state index in [0.29, 0.717) is 10.7 Å². The first-order valence-electron chi connectivity index (χ1n) is 6.20. The van der Waals surface area contributed by atoms with Crippen LogP contribution < -0.4 is 4.72 Å². The van der Waals surface area contributed by atoms with Crippen molar-refractivity contribution in [1.82, 2.24) is 4.98 Å². The molecule has 0 radical (unpaired) electrons. The number of nitrogens with zero attached hydrogens (tertiary/aromatic N) is 1. The lowest BCUT2D eigenvalue weighted by Gasteiger charge is -2.09. The molecule has 0 fully saturated rings. The van der Waals surface area contributed by atoms with Crippen LogP contribution in [0.1, 0.15) is 5.01 Å². The van der Waals surface area contributed by atoms with E-state index in [2.05, 4.69) is 9.71 Å². The first kappa shape index (κ1) is 15.6. The highest BCUT2D eigenvalue weighted by molar-refractivity contribution is 7.92. The summed E-state index contributed by atoms with van der Waals surface area (Å²) in [6.07, 6.45) is 0. The van der Waals surface area contributed by atoms with Gasteiger partial charge in [0.05, 0.1) is 25.9 Å². The molecule has 0 saturated carbocycles. The first-order chi connectivity index (χ1) is 10.3. The first-order valence-corrected chi connectivity index (χ1v) is 9.26. The van der Waals surface area contributed by atoms with Gasteiger partial charge in [-0.05, 0) is 43.3 Å². The van der Waals surface area contributed by atoms with Crippen molar-refractivity contribution in [1.29, 1.82) is 0 Å². The summed E-state index contributed by atoms with van der Waals surface area (Å²) < 4.78 is 28.3. The Hall–Kier alpha value is -1.34. The largest absolute Gasteiger partial charge is 0.280 e. The molecule has 4 nitrogen and oxygen atoms in total. The highest BCUT2D eigenvalue weighted by Crippen LogP contribution is 2.29. The molecule has 0 unspecified atom stereocenters. The Morgan fingerprint density at radius 1 is 1.14 bits per heavy atom. The Morgan fingerprint density at radius 2 is 1.91 bits per heavy atom. The van der Waals surface area contributed by atoms with Gasteiger partial charge >= 0.3 is 0 Å². The van der Waals surface area contributed by atoms with Gasteiger partial charge in [-0.15, -0.1) is 11.3 Å². The monoisotopic (exact) mass is 372 g/mol. The summed E-state index contributed by atoms with van der Waals surface area (Å²) in [6, 6.07) is 9.47. The van der Waals surface area contributed by atoms with Crippen molar-refractivity contribution in [3.8, 4) is 0 Å². The maximum absolute atomic E-state index is 12.4. The van der Waals surface area contributed by atoms with Gasteiger partial charge in [0.25, 0.3) is 10.0 Å². The van der Waals surface area contributed by atoms with Gasteiger partial charge in [0.1, 0.15) is 4.90 Å². The van der Waals surface area contributed by atoms with E-state index in [0.717, 1.165) is 15.2 Å². The molecular formula is C14H10Cl2N2O2S2. The topological polar surface area (TPSA) is 59.1 Å². The molecule has 1 heterocycles. The van der Waals surface area contributed by atoms with Gasteiger partial charge in [0.2, 0.25) is 0 Å². The van der Waals surface area contributed by atoms with E-state index in [4.69, 9.17) is 23.2 Å². The van der Waals surface area contributed by atoms with Crippen molar-refractivity contribution >= 4 is 60.5 Å². The van der Waals surface area contributed by atoms with Crippen molar-refractivity contribution in [3.63, 3.8) is 0 Å².